The Morgan fingerprint density at radius 2 is 2.40 bits per heavy atom. The summed E-state index contributed by atoms with van der Waals surface area (Å²) in [5.41, 5.74) is 3.79. The highest BCUT2D eigenvalue weighted by atomic mass is 15.3. The van der Waals surface area contributed by atoms with Gasteiger partial charge in [0.05, 0.1) is 0 Å². The van der Waals surface area contributed by atoms with Gasteiger partial charge in [0.15, 0.2) is 0 Å². The molecule has 1 aromatic heterocycles. The van der Waals surface area contributed by atoms with Crippen LogP contribution in [0.2, 0.25) is 0 Å². The third kappa shape index (κ3) is 2.91. The van der Waals surface area contributed by atoms with E-state index in [2.05, 4.69) is 28.4 Å². The van der Waals surface area contributed by atoms with Gasteiger partial charge in [-0.25, -0.2) is 10.8 Å². The fourth-order valence-electron chi connectivity index (χ4n) is 1.79. The summed E-state index contributed by atoms with van der Waals surface area (Å²) in [4.78, 5) is 6.51. The predicted molar refractivity (Wildman–Crippen MR) is 61.1 cm³/mol. The third-order valence-electron chi connectivity index (χ3n) is 2.74. The number of nitrogens with two attached hydrogens (primary N) is 1. The Bertz CT molecular complexity index is 322. The van der Waals surface area contributed by atoms with Crippen molar-refractivity contribution in [3.8, 4) is 0 Å². The van der Waals surface area contributed by atoms with Gasteiger partial charge in [0, 0.05) is 24.8 Å². The van der Waals surface area contributed by atoms with E-state index in [1.807, 2.05) is 6.07 Å². The fraction of sp³-hybridized carbons (Fsp3) is 0.545. The second-order valence-corrected chi connectivity index (χ2v) is 4.30. The zero-order chi connectivity index (χ0) is 10.7. The van der Waals surface area contributed by atoms with Crippen molar-refractivity contribution in [2.24, 2.45) is 11.8 Å². The summed E-state index contributed by atoms with van der Waals surface area (Å²) < 4.78 is 0. The monoisotopic (exact) mass is 206 g/mol. The highest BCUT2D eigenvalue weighted by Gasteiger charge is 2.22. The minimum absolute atomic E-state index is 0.778. The maximum absolute atomic E-state index is 5.41. The molecule has 82 valence electrons. The number of nitrogens with zero attached hydrogens (tertiary/aromatic N) is 2. The minimum atomic E-state index is 0.778. The lowest BCUT2D eigenvalue weighted by molar-refractivity contribution is 0.313. The molecule has 0 spiro atoms. The molecule has 0 aromatic carbocycles. The first-order valence-corrected chi connectivity index (χ1v) is 5.38. The topological polar surface area (TPSA) is 54.2 Å². The van der Waals surface area contributed by atoms with Crippen molar-refractivity contribution >= 4 is 5.82 Å². The molecule has 0 amide bonds. The van der Waals surface area contributed by atoms with Crippen molar-refractivity contribution in [3.63, 3.8) is 0 Å². The lowest BCUT2D eigenvalue weighted by atomic mass is 10.2. The van der Waals surface area contributed by atoms with Gasteiger partial charge in [-0.2, -0.15) is 0 Å². The molecule has 0 radical (unpaired) electrons. The lowest BCUT2D eigenvalue weighted by Gasteiger charge is -2.17. The number of pyridine rings is 1. The van der Waals surface area contributed by atoms with Gasteiger partial charge in [0.25, 0.3) is 0 Å². The van der Waals surface area contributed by atoms with Gasteiger partial charge in [0.1, 0.15) is 5.82 Å². The van der Waals surface area contributed by atoms with Gasteiger partial charge in [0.2, 0.25) is 0 Å². The number of nitrogen functional groups attached to an aromatic ring is 1. The van der Waals surface area contributed by atoms with Gasteiger partial charge in [-0.3, -0.25) is 0 Å². The molecule has 0 bridgehead atoms. The second-order valence-electron chi connectivity index (χ2n) is 4.30. The van der Waals surface area contributed by atoms with E-state index in [1.165, 1.54) is 19.4 Å². The summed E-state index contributed by atoms with van der Waals surface area (Å²) >= 11 is 0. The number of aromatic nitrogens is 1. The van der Waals surface area contributed by atoms with Crippen LogP contribution < -0.4 is 11.3 Å². The van der Waals surface area contributed by atoms with Crippen molar-refractivity contribution in [1.29, 1.82) is 0 Å². The molecule has 1 heterocycles. The molecule has 15 heavy (non-hydrogen) atoms. The Labute approximate surface area is 90.5 Å². The molecule has 1 saturated carbocycles. The zero-order valence-electron chi connectivity index (χ0n) is 9.11. The number of nitrogens with one attached hydrogen (secondary N) is 1. The van der Waals surface area contributed by atoms with Crippen LogP contribution in [-0.2, 0) is 6.54 Å². The van der Waals surface area contributed by atoms with Crippen LogP contribution in [0.4, 0.5) is 5.82 Å². The van der Waals surface area contributed by atoms with Crippen LogP contribution in [0, 0.1) is 5.92 Å². The first kappa shape index (κ1) is 10.4. The molecule has 0 atom stereocenters. The van der Waals surface area contributed by atoms with Crippen molar-refractivity contribution in [2.45, 2.75) is 19.4 Å². The van der Waals surface area contributed by atoms with Crippen molar-refractivity contribution < 1.29 is 0 Å². The highest BCUT2D eigenvalue weighted by molar-refractivity contribution is 5.42. The standard InChI is InChI=1S/C11H18N4/c1-15(7-9-4-5-9)8-10-3-2-6-13-11(10)14-12/h2-3,6,9H,4-5,7-8,12H2,1H3,(H,13,14). The summed E-state index contributed by atoms with van der Waals surface area (Å²) in [6.07, 6.45) is 4.53. The molecule has 2 rings (SSSR count). The highest BCUT2D eigenvalue weighted by Crippen LogP contribution is 2.29. The van der Waals surface area contributed by atoms with Gasteiger partial charge < -0.3 is 10.3 Å². The number of hydrazine groups is 1. The first-order valence-electron chi connectivity index (χ1n) is 5.38. The van der Waals surface area contributed by atoms with Gasteiger partial charge in [-0.1, -0.05) is 6.07 Å². The van der Waals surface area contributed by atoms with E-state index in [-0.39, 0.29) is 0 Å². The summed E-state index contributed by atoms with van der Waals surface area (Å²) in [6.45, 7) is 2.09. The molecule has 1 aliphatic carbocycles. The van der Waals surface area contributed by atoms with Gasteiger partial charge in [-0.05, 0) is 31.9 Å². The predicted octanol–water partition coefficient (Wildman–Crippen LogP) is 1.21. The molecular formula is C11H18N4. The summed E-state index contributed by atoms with van der Waals surface area (Å²) in [5.74, 6) is 7.10. The summed E-state index contributed by atoms with van der Waals surface area (Å²) in [5, 5.41) is 0. The van der Waals surface area contributed by atoms with E-state index >= 15 is 0 Å². The zero-order valence-corrected chi connectivity index (χ0v) is 9.11. The normalized spacial score (nSPS) is 15.7. The van der Waals surface area contributed by atoms with E-state index in [0.717, 1.165) is 23.8 Å². The number of hydrogen-bond acceptors (Lipinski definition) is 4. The molecule has 0 aliphatic heterocycles. The Balaban J connectivity index is 1.95. The Kier molecular flexibility index (Phi) is 3.18. The van der Waals surface area contributed by atoms with Crippen molar-refractivity contribution in [2.75, 3.05) is 19.0 Å². The molecule has 4 heteroatoms. The molecule has 4 nitrogen and oxygen atoms in total. The summed E-state index contributed by atoms with van der Waals surface area (Å²) in [7, 11) is 2.14. The molecule has 1 aliphatic rings. The van der Waals surface area contributed by atoms with E-state index < -0.39 is 0 Å². The van der Waals surface area contributed by atoms with Crippen LogP contribution in [0.5, 0.6) is 0 Å². The first-order chi connectivity index (χ1) is 7.29. The maximum atomic E-state index is 5.41. The molecule has 0 saturated heterocycles. The van der Waals surface area contributed by atoms with E-state index in [1.54, 1.807) is 6.20 Å². The fourth-order valence-corrected chi connectivity index (χ4v) is 1.79. The number of anilines is 1. The van der Waals surface area contributed by atoms with Crippen LogP contribution in [0.25, 0.3) is 0 Å². The van der Waals surface area contributed by atoms with Crippen LogP contribution in [-0.4, -0.2) is 23.5 Å². The minimum Gasteiger partial charge on any atom is -0.308 e. The second kappa shape index (κ2) is 4.59. The van der Waals surface area contributed by atoms with E-state index in [9.17, 15) is 0 Å². The molecule has 1 aromatic rings. The lowest BCUT2D eigenvalue weighted by Crippen LogP contribution is -2.22. The average Bonchev–Trinajstić information content (AvgIpc) is 3.02. The third-order valence-corrected chi connectivity index (χ3v) is 2.74. The van der Waals surface area contributed by atoms with Crippen molar-refractivity contribution in [3.05, 3.63) is 23.9 Å². The largest absolute Gasteiger partial charge is 0.308 e. The molecule has 3 N–H and O–H groups in total. The van der Waals surface area contributed by atoms with Crippen LogP contribution in [0.15, 0.2) is 18.3 Å². The van der Waals surface area contributed by atoms with Crippen LogP contribution in [0.3, 0.4) is 0 Å². The van der Waals surface area contributed by atoms with Gasteiger partial charge in [-0.15, -0.1) is 0 Å². The Hall–Kier alpha value is -1.13. The smallest absolute Gasteiger partial charge is 0.144 e. The summed E-state index contributed by atoms with van der Waals surface area (Å²) in [6, 6.07) is 4.01. The molecule has 1 fully saturated rings. The van der Waals surface area contributed by atoms with Crippen molar-refractivity contribution in [1.82, 2.24) is 9.88 Å². The van der Waals surface area contributed by atoms with E-state index in [0.29, 0.717) is 0 Å². The molecular weight excluding hydrogens is 188 g/mol. The number of hydrogen-bond donors (Lipinski definition) is 2. The Morgan fingerprint density at radius 1 is 1.60 bits per heavy atom. The number of rotatable bonds is 5. The quantitative estimate of drug-likeness (QED) is 0.561. The van der Waals surface area contributed by atoms with Crippen LogP contribution >= 0.6 is 0 Å². The average molecular weight is 206 g/mol. The van der Waals surface area contributed by atoms with Crippen LogP contribution in [0.1, 0.15) is 18.4 Å². The molecule has 0 unspecified atom stereocenters. The van der Waals surface area contributed by atoms with Gasteiger partial charge >= 0.3 is 0 Å². The Morgan fingerprint density at radius 3 is 3.07 bits per heavy atom. The SMILES string of the molecule is CN(Cc1cccnc1NN)CC1CC1. The maximum Gasteiger partial charge on any atom is 0.144 e. The van der Waals surface area contributed by atoms with E-state index in [4.69, 9.17) is 5.84 Å².